The van der Waals surface area contributed by atoms with E-state index in [1.807, 2.05) is 0 Å². The zero-order chi connectivity index (χ0) is 19.9. The van der Waals surface area contributed by atoms with Crippen molar-refractivity contribution < 1.29 is 14.3 Å². The first kappa shape index (κ1) is 17.8. The number of carbonyl (C=O) groups is 2. The standard InChI is InChI=1S/C23H29N3O3/c1-29-17-5-4-16-11-21-6-7-23(19(27)24-20(28)25-23)13-22(21,18(16)10-17)8-9-26(14-21)12-15-2-3-15/h4-5,10,15H,2-3,6-9,11-14H2,1H3,(H2,24,25,27,28). The Kier molecular flexibility index (Phi) is 3.52. The van der Waals surface area contributed by atoms with Crippen LogP contribution in [0.15, 0.2) is 18.2 Å². The van der Waals surface area contributed by atoms with Crippen LogP contribution >= 0.6 is 0 Å². The highest BCUT2D eigenvalue weighted by atomic mass is 16.5. The van der Waals surface area contributed by atoms with Crippen LogP contribution < -0.4 is 15.4 Å². The largest absolute Gasteiger partial charge is 0.497 e. The molecule has 2 aliphatic heterocycles. The van der Waals surface area contributed by atoms with E-state index in [2.05, 4.69) is 33.7 Å². The Labute approximate surface area is 171 Å². The maximum atomic E-state index is 12.8. The summed E-state index contributed by atoms with van der Waals surface area (Å²) in [6.07, 6.45) is 7.27. The zero-order valence-electron chi connectivity index (χ0n) is 17.1. The SMILES string of the molecule is COc1ccc2c(c1)C13CCN(CC4CC4)CC1(CCC1(C3)NC(=O)NC1=O)C2. The van der Waals surface area contributed by atoms with Crippen LogP contribution in [0.3, 0.4) is 0 Å². The summed E-state index contributed by atoms with van der Waals surface area (Å²) in [6.45, 7) is 3.40. The van der Waals surface area contributed by atoms with Crippen molar-refractivity contribution in [3.63, 3.8) is 0 Å². The molecule has 2 saturated carbocycles. The molecular weight excluding hydrogens is 366 g/mol. The lowest BCUT2D eigenvalue weighted by Gasteiger charge is -2.59. The van der Waals surface area contributed by atoms with Crippen molar-refractivity contribution in [2.45, 2.75) is 55.9 Å². The number of methoxy groups -OCH3 is 1. The maximum Gasteiger partial charge on any atom is 0.322 e. The highest BCUT2D eigenvalue weighted by Crippen LogP contribution is 2.65. The minimum atomic E-state index is -0.760. The molecule has 6 rings (SSSR count). The average molecular weight is 396 g/mol. The summed E-state index contributed by atoms with van der Waals surface area (Å²) in [5.74, 6) is 1.63. The van der Waals surface area contributed by atoms with Crippen LogP contribution in [0.5, 0.6) is 5.75 Å². The van der Waals surface area contributed by atoms with Crippen molar-refractivity contribution in [2.24, 2.45) is 11.3 Å². The van der Waals surface area contributed by atoms with Gasteiger partial charge >= 0.3 is 6.03 Å². The Morgan fingerprint density at radius 3 is 2.79 bits per heavy atom. The maximum absolute atomic E-state index is 12.8. The van der Waals surface area contributed by atoms with Gasteiger partial charge in [-0.25, -0.2) is 4.79 Å². The number of likely N-dealkylation sites (tertiary alicyclic amines) is 1. The molecule has 6 heteroatoms. The Hall–Kier alpha value is -2.08. The number of fused-ring (bicyclic) bond motifs is 1. The number of benzene rings is 1. The van der Waals surface area contributed by atoms with Gasteiger partial charge in [0.05, 0.1) is 7.11 Å². The van der Waals surface area contributed by atoms with Crippen LogP contribution in [0.4, 0.5) is 4.79 Å². The molecule has 3 atom stereocenters. The van der Waals surface area contributed by atoms with Gasteiger partial charge in [-0.15, -0.1) is 0 Å². The number of rotatable bonds is 3. The minimum absolute atomic E-state index is 0.0792. The normalized spacial score (nSPS) is 38.2. The molecule has 2 heterocycles. The summed E-state index contributed by atoms with van der Waals surface area (Å²) in [5.41, 5.74) is 2.07. The summed E-state index contributed by atoms with van der Waals surface area (Å²) in [4.78, 5) is 27.6. The molecule has 2 saturated heterocycles. The number of ether oxygens (including phenoxy) is 1. The van der Waals surface area contributed by atoms with E-state index in [0.29, 0.717) is 6.42 Å². The van der Waals surface area contributed by atoms with Crippen LogP contribution in [0, 0.1) is 11.3 Å². The number of nitrogens with one attached hydrogen (secondary N) is 2. The Bertz CT molecular complexity index is 913. The first-order valence-corrected chi connectivity index (χ1v) is 11.0. The molecule has 0 radical (unpaired) electrons. The molecule has 6 nitrogen and oxygen atoms in total. The number of carbonyl (C=O) groups excluding carboxylic acids is 2. The molecule has 29 heavy (non-hydrogen) atoms. The van der Waals surface area contributed by atoms with E-state index in [-0.39, 0.29) is 22.8 Å². The first-order valence-electron chi connectivity index (χ1n) is 11.0. The predicted molar refractivity (Wildman–Crippen MR) is 108 cm³/mol. The number of nitrogens with zero attached hydrogens (tertiary/aromatic N) is 1. The van der Waals surface area contributed by atoms with Gasteiger partial charge in [-0.1, -0.05) is 6.07 Å². The molecule has 3 aliphatic carbocycles. The second kappa shape index (κ2) is 5.75. The molecule has 1 aromatic carbocycles. The minimum Gasteiger partial charge on any atom is -0.497 e. The summed E-state index contributed by atoms with van der Waals surface area (Å²) < 4.78 is 5.57. The number of hydrogen-bond acceptors (Lipinski definition) is 4. The van der Waals surface area contributed by atoms with Crippen LogP contribution in [-0.2, 0) is 16.6 Å². The van der Waals surface area contributed by atoms with Crippen LogP contribution in [-0.4, -0.2) is 49.1 Å². The van der Waals surface area contributed by atoms with Gasteiger partial charge in [0.1, 0.15) is 11.3 Å². The number of piperidine rings is 1. The fourth-order valence-corrected chi connectivity index (χ4v) is 7.05. The number of hydrogen-bond donors (Lipinski definition) is 2. The third-order valence-electron chi connectivity index (χ3n) is 8.62. The fraction of sp³-hybridized carbons (Fsp3) is 0.652. The Balaban J connectivity index is 1.44. The lowest BCUT2D eigenvalue weighted by atomic mass is 9.49. The van der Waals surface area contributed by atoms with E-state index in [1.54, 1.807) is 7.11 Å². The fourth-order valence-electron chi connectivity index (χ4n) is 7.05. The molecule has 1 spiro atoms. The smallest absolute Gasteiger partial charge is 0.322 e. The second-order valence-electron chi connectivity index (χ2n) is 10.2. The van der Waals surface area contributed by atoms with Crippen LogP contribution in [0.25, 0.3) is 0 Å². The predicted octanol–water partition coefficient (Wildman–Crippen LogP) is 2.35. The van der Waals surface area contributed by atoms with Crippen molar-refractivity contribution in [1.82, 2.24) is 15.5 Å². The highest BCUT2D eigenvalue weighted by molar-refractivity contribution is 6.07. The summed E-state index contributed by atoms with van der Waals surface area (Å²) in [5, 5.41) is 5.54. The molecule has 3 unspecified atom stereocenters. The van der Waals surface area contributed by atoms with Gasteiger partial charge < -0.3 is 15.0 Å². The van der Waals surface area contributed by atoms with E-state index in [9.17, 15) is 9.59 Å². The lowest BCUT2D eigenvalue weighted by molar-refractivity contribution is -0.130. The monoisotopic (exact) mass is 395 g/mol. The van der Waals surface area contributed by atoms with E-state index in [4.69, 9.17) is 4.74 Å². The van der Waals surface area contributed by atoms with Crippen molar-refractivity contribution >= 4 is 11.9 Å². The summed E-state index contributed by atoms with van der Waals surface area (Å²) >= 11 is 0. The van der Waals surface area contributed by atoms with Gasteiger partial charge in [0.25, 0.3) is 5.91 Å². The van der Waals surface area contributed by atoms with Crippen LogP contribution in [0.1, 0.15) is 49.7 Å². The van der Waals surface area contributed by atoms with E-state index < -0.39 is 5.54 Å². The van der Waals surface area contributed by atoms with Crippen molar-refractivity contribution in [3.8, 4) is 5.75 Å². The van der Waals surface area contributed by atoms with Crippen molar-refractivity contribution in [3.05, 3.63) is 29.3 Å². The van der Waals surface area contributed by atoms with E-state index in [0.717, 1.165) is 50.4 Å². The van der Waals surface area contributed by atoms with Gasteiger partial charge in [0, 0.05) is 18.5 Å². The molecule has 1 aromatic rings. The highest BCUT2D eigenvalue weighted by Gasteiger charge is 2.67. The summed E-state index contributed by atoms with van der Waals surface area (Å²) in [7, 11) is 1.72. The molecule has 154 valence electrons. The molecule has 5 aliphatic rings. The third kappa shape index (κ3) is 2.38. The van der Waals surface area contributed by atoms with Crippen LogP contribution in [0.2, 0.25) is 0 Å². The van der Waals surface area contributed by atoms with Gasteiger partial charge in [-0.05, 0) is 86.1 Å². The molecule has 0 aromatic heterocycles. The average Bonchev–Trinajstić information content (AvgIpc) is 3.41. The van der Waals surface area contributed by atoms with E-state index >= 15 is 0 Å². The summed E-state index contributed by atoms with van der Waals surface area (Å²) in [6, 6.07) is 6.17. The topological polar surface area (TPSA) is 70.7 Å². The van der Waals surface area contributed by atoms with Gasteiger partial charge in [-0.2, -0.15) is 0 Å². The number of amides is 3. The molecular formula is C23H29N3O3. The number of urea groups is 1. The lowest BCUT2D eigenvalue weighted by Crippen LogP contribution is -2.65. The van der Waals surface area contributed by atoms with E-state index in [1.165, 1.54) is 30.5 Å². The molecule has 0 bridgehead atoms. The first-order chi connectivity index (χ1) is 14.0. The Morgan fingerprint density at radius 2 is 2.07 bits per heavy atom. The molecule has 4 fully saturated rings. The number of imide groups is 1. The van der Waals surface area contributed by atoms with Gasteiger partial charge in [-0.3, -0.25) is 10.1 Å². The molecule has 2 N–H and O–H groups in total. The Morgan fingerprint density at radius 1 is 1.21 bits per heavy atom. The zero-order valence-corrected chi connectivity index (χ0v) is 17.1. The third-order valence-corrected chi connectivity index (χ3v) is 8.62. The van der Waals surface area contributed by atoms with Gasteiger partial charge in [0.15, 0.2) is 0 Å². The molecule has 3 amide bonds. The quantitative estimate of drug-likeness (QED) is 0.771. The van der Waals surface area contributed by atoms with Crippen molar-refractivity contribution in [1.29, 1.82) is 0 Å². The van der Waals surface area contributed by atoms with Crippen molar-refractivity contribution in [2.75, 3.05) is 26.7 Å². The van der Waals surface area contributed by atoms with Gasteiger partial charge in [0.2, 0.25) is 0 Å². The second-order valence-corrected chi connectivity index (χ2v) is 10.2.